The predicted molar refractivity (Wildman–Crippen MR) is 70.2 cm³/mol. The van der Waals surface area contributed by atoms with E-state index in [9.17, 15) is 13.2 Å². The molecular weight excluding hydrogens is 276 g/mol. The maximum Gasteiger partial charge on any atom is 0.228 e. The molecule has 0 aliphatic carbocycles. The van der Waals surface area contributed by atoms with Crippen LogP contribution in [0.1, 0.15) is 6.42 Å². The maximum absolute atomic E-state index is 11.9. The van der Waals surface area contributed by atoms with Crippen molar-refractivity contribution in [3.05, 3.63) is 29.3 Å². The van der Waals surface area contributed by atoms with Crippen LogP contribution < -0.4 is 9.62 Å². The van der Waals surface area contributed by atoms with Crippen molar-refractivity contribution < 1.29 is 13.2 Å². The molecule has 1 unspecified atom stereocenters. The SMILES string of the molecule is CS(=O)(=O)NC1CC(=O)N(c2ccccc2Cl)C1. The summed E-state index contributed by atoms with van der Waals surface area (Å²) in [7, 11) is -3.31. The van der Waals surface area contributed by atoms with Crippen LogP contribution in [0.4, 0.5) is 5.69 Å². The zero-order valence-corrected chi connectivity index (χ0v) is 11.3. The van der Waals surface area contributed by atoms with Gasteiger partial charge in [0.1, 0.15) is 0 Å². The standard InChI is InChI=1S/C11H13ClN2O3S/c1-18(16,17)13-8-6-11(15)14(7-8)10-5-3-2-4-9(10)12/h2-5,8,13H,6-7H2,1H3. The fourth-order valence-corrected chi connectivity index (χ4v) is 2.99. The Morgan fingerprint density at radius 1 is 1.39 bits per heavy atom. The summed E-state index contributed by atoms with van der Waals surface area (Å²) >= 11 is 6.02. The number of nitrogens with one attached hydrogen (secondary N) is 1. The highest BCUT2D eigenvalue weighted by atomic mass is 35.5. The van der Waals surface area contributed by atoms with Crippen LogP contribution in [0.5, 0.6) is 0 Å². The summed E-state index contributed by atoms with van der Waals surface area (Å²) in [6.45, 7) is 0.301. The van der Waals surface area contributed by atoms with Gasteiger partial charge in [-0.1, -0.05) is 23.7 Å². The first kappa shape index (κ1) is 13.3. The minimum atomic E-state index is -3.31. The highest BCUT2D eigenvalue weighted by Gasteiger charge is 2.32. The van der Waals surface area contributed by atoms with Crippen LogP contribution >= 0.6 is 11.6 Å². The third-order valence-corrected chi connectivity index (χ3v) is 3.73. The molecule has 7 heteroatoms. The number of halogens is 1. The molecule has 1 fully saturated rings. The van der Waals surface area contributed by atoms with Gasteiger partial charge in [0.05, 0.1) is 17.0 Å². The number of carbonyl (C=O) groups is 1. The summed E-state index contributed by atoms with van der Waals surface area (Å²) < 4.78 is 24.7. The minimum Gasteiger partial charge on any atom is -0.309 e. The van der Waals surface area contributed by atoms with Crippen LogP contribution in [0.15, 0.2) is 24.3 Å². The lowest BCUT2D eigenvalue weighted by Gasteiger charge is -2.18. The van der Waals surface area contributed by atoms with E-state index in [1.807, 2.05) is 0 Å². The van der Waals surface area contributed by atoms with Gasteiger partial charge in [-0.15, -0.1) is 0 Å². The average Bonchev–Trinajstić information content (AvgIpc) is 2.57. The second kappa shape index (κ2) is 4.87. The molecule has 1 aliphatic rings. The molecule has 1 saturated heterocycles. The monoisotopic (exact) mass is 288 g/mol. The van der Waals surface area contributed by atoms with Crippen LogP contribution in [0.3, 0.4) is 0 Å². The van der Waals surface area contributed by atoms with E-state index in [1.165, 1.54) is 4.90 Å². The lowest BCUT2D eigenvalue weighted by atomic mass is 10.3. The third-order valence-electron chi connectivity index (χ3n) is 2.65. The topological polar surface area (TPSA) is 66.5 Å². The summed E-state index contributed by atoms with van der Waals surface area (Å²) in [6, 6.07) is 6.60. The van der Waals surface area contributed by atoms with Gasteiger partial charge >= 0.3 is 0 Å². The van der Waals surface area contributed by atoms with Crippen molar-refractivity contribution in [2.45, 2.75) is 12.5 Å². The Morgan fingerprint density at radius 3 is 2.67 bits per heavy atom. The van der Waals surface area contributed by atoms with E-state index in [2.05, 4.69) is 4.72 Å². The summed E-state index contributed by atoms with van der Waals surface area (Å²) in [5.74, 6) is -0.135. The van der Waals surface area contributed by atoms with E-state index >= 15 is 0 Å². The van der Waals surface area contributed by atoms with Crippen LogP contribution in [-0.4, -0.2) is 33.2 Å². The van der Waals surface area contributed by atoms with E-state index in [-0.39, 0.29) is 12.3 Å². The molecule has 1 amide bonds. The maximum atomic E-state index is 11.9. The van der Waals surface area contributed by atoms with Crippen molar-refractivity contribution in [1.82, 2.24) is 4.72 Å². The molecule has 0 aromatic heterocycles. The van der Waals surface area contributed by atoms with Crippen molar-refractivity contribution in [3.63, 3.8) is 0 Å². The fraction of sp³-hybridized carbons (Fsp3) is 0.364. The summed E-state index contributed by atoms with van der Waals surface area (Å²) in [6.07, 6.45) is 1.23. The van der Waals surface area contributed by atoms with Crippen LogP contribution in [0.25, 0.3) is 0 Å². The molecule has 1 aromatic rings. The van der Waals surface area contributed by atoms with Gasteiger partial charge in [-0.3, -0.25) is 4.79 Å². The van der Waals surface area contributed by atoms with Gasteiger partial charge in [0.15, 0.2) is 0 Å². The molecule has 1 atom stereocenters. The van der Waals surface area contributed by atoms with Gasteiger partial charge in [-0.2, -0.15) is 0 Å². The third kappa shape index (κ3) is 3.01. The molecule has 1 aliphatic heterocycles. The number of hydrogen-bond acceptors (Lipinski definition) is 3. The number of anilines is 1. The Kier molecular flexibility index (Phi) is 3.61. The van der Waals surface area contributed by atoms with Gasteiger partial charge in [0.2, 0.25) is 15.9 Å². The molecule has 1 aromatic carbocycles. The average molecular weight is 289 g/mol. The lowest BCUT2D eigenvalue weighted by Crippen LogP contribution is -2.36. The fourth-order valence-electron chi connectivity index (χ4n) is 1.99. The minimum absolute atomic E-state index is 0.135. The Labute approximate surface area is 111 Å². The second-order valence-corrected chi connectivity index (χ2v) is 6.43. The smallest absolute Gasteiger partial charge is 0.228 e. The molecule has 1 heterocycles. The molecule has 18 heavy (non-hydrogen) atoms. The molecule has 98 valence electrons. The molecular formula is C11H13ClN2O3S. The van der Waals surface area contributed by atoms with Crippen molar-refractivity contribution >= 4 is 33.2 Å². The van der Waals surface area contributed by atoms with Gasteiger partial charge < -0.3 is 4.90 Å². The van der Waals surface area contributed by atoms with Gasteiger partial charge in [-0.25, -0.2) is 13.1 Å². The van der Waals surface area contributed by atoms with E-state index in [0.717, 1.165) is 6.26 Å². The Balaban J connectivity index is 2.18. The van der Waals surface area contributed by atoms with Crippen molar-refractivity contribution in [2.75, 3.05) is 17.7 Å². The van der Waals surface area contributed by atoms with Crippen molar-refractivity contribution in [3.8, 4) is 0 Å². The number of sulfonamides is 1. The van der Waals surface area contributed by atoms with Crippen molar-refractivity contribution in [2.24, 2.45) is 0 Å². The van der Waals surface area contributed by atoms with Gasteiger partial charge in [0, 0.05) is 19.0 Å². The van der Waals surface area contributed by atoms with E-state index < -0.39 is 16.1 Å². The molecule has 1 N–H and O–H groups in total. The number of amides is 1. The Bertz CT molecular complexity index is 573. The number of carbonyl (C=O) groups excluding carboxylic acids is 1. The molecule has 0 bridgehead atoms. The lowest BCUT2D eigenvalue weighted by molar-refractivity contribution is -0.117. The molecule has 0 spiro atoms. The number of hydrogen-bond donors (Lipinski definition) is 1. The van der Waals surface area contributed by atoms with Crippen LogP contribution in [0, 0.1) is 0 Å². The van der Waals surface area contributed by atoms with E-state index in [4.69, 9.17) is 11.6 Å². The second-order valence-electron chi connectivity index (χ2n) is 4.25. The van der Waals surface area contributed by atoms with E-state index in [1.54, 1.807) is 24.3 Å². The number of rotatable bonds is 3. The Hall–Kier alpha value is -1.11. The molecule has 2 rings (SSSR count). The summed E-state index contributed by atoms with van der Waals surface area (Å²) in [4.78, 5) is 13.4. The zero-order valence-electron chi connectivity index (χ0n) is 9.76. The first-order chi connectivity index (χ1) is 8.37. The highest BCUT2D eigenvalue weighted by Crippen LogP contribution is 2.28. The molecule has 5 nitrogen and oxygen atoms in total. The molecule has 0 saturated carbocycles. The van der Waals surface area contributed by atoms with Gasteiger partial charge in [0.25, 0.3) is 0 Å². The number of nitrogens with zero attached hydrogens (tertiary/aromatic N) is 1. The highest BCUT2D eigenvalue weighted by molar-refractivity contribution is 7.88. The van der Waals surface area contributed by atoms with Gasteiger partial charge in [-0.05, 0) is 12.1 Å². The largest absolute Gasteiger partial charge is 0.309 e. The van der Waals surface area contributed by atoms with Crippen LogP contribution in [-0.2, 0) is 14.8 Å². The van der Waals surface area contributed by atoms with E-state index in [0.29, 0.717) is 17.3 Å². The normalized spacial score (nSPS) is 20.4. The summed E-state index contributed by atoms with van der Waals surface area (Å²) in [5, 5.41) is 0.478. The zero-order chi connectivity index (χ0) is 13.3. The van der Waals surface area contributed by atoms with Crippen LogP contribution in [0.2, 0.25) is 5.02 Å². The first-order valence-corrected chi connectivity index (χ1v) is 7.66. The predicted octanol–water partition coefficient (Wildman–Crippen LogP) is 0.994. The molecule has 0 radical (unpaired) electrons. The number of para-hydroxylation sites is 1. The summed E-state index contributed by atoms with van der Waals surface area (Å²) in [5.41, 5.74) is 0.613. The van der Waals surface area contributed by atoms with Crippen molar-refractivity contribution in [1.29, 1.82) is 0 Å². The number of benzene rings is 1. The quantitative estimate of drug-likeness (QED) is 0.902. The first-order valence-electron chi connectivity index (χ1n) is 5.39. The Morgan fingerprint density at radius 2 is 2.06 bits per heavy atom.